The van der Waals surface area contributed by atoms with Crippen LogP contribution in [0.3, 0.4) is 0 Å². The number of nitrogens with zero attached hydrogens (tertiary/aromatic N) is 2. The van der Waals surface area contributed by atoms with Gasteiger partial charge in [-0.05, 0) is 24.6 Å². The van der Waals surface area contributed by atoms with Crippen LogP contribution in [0.2, 0.25) is 0 Å². The highest BCUT2D eigenvalue weighted by molar-refractivity contribution is 7.91. The number of hydrogen-bond donors (Lipinski definition) is 1. The summed E-state index contributed by atoms with van der Waals surface area (Å²) in [6.07, 6.45) is 1.88. The summed E-state index contributed by atoms with van der Waals surface area (Å²) >= 11 is 0. The van der Waals surface area contributed by atoms with E-state index >= 15 is 0 Å². The Morgan fingerprint density at radius 1 is 1.39 bits per heavy atom. The lowest BCUT2D eigenvalue weighted by Gasteiger charge is -2.11. The number of rotatable bonds is 4. The van der Waals surface area contributed by atoms with Crippen LogP contribution < -0.4 is 10.9 Å². The van der Waals surface area contributed by atoms with E-state index in [9.17, 15) is 18.0 Å². The molecule has 1 amide bonds. The van der Waals surface area contributed by atoms with Crippen LogP contribution in [-0.2, 0) is 21.2 Å². The standard InChI is InChI=1S/C14H15N3O5S/c18-13(15-10-5-7-23(20,21)9-10)8-17-14(19)4-3-11(16-17)12-2-1-6-22-12/h1-4,6,10H,5,7-9H2,(H,15,18)/t10-/m0/s1. The molecule has 1 aliphatic rings. The Morgan fingerprint density at radius 3 is 2.87 bits per heavy atom. The second-order valence-electron chi connectivity index (χ2n) is 5.36. The van der Waals surface area contributed by atoms with Gasteiger partial charge in [0.05, 0.1) is 17.8 Å². The minimum absolute atomic E-state index is 0.0620. The van der Waals surface area contributed by atoms with Gasteiger partial charge in [-0.2, -0.15) is 5.10 Å². The van der Waals surface area contributed by atoms with E-state index in [0.29, 0.717) is 17.9 Å². The summed E-state index contributed by atoms with van der Waals surface area (Å²) < 4.78 is 29.0. The maximum Gasteiger partial charge on any atom is 0.267 e. The molecule has 1 aliphatic heterocycles. The van der Waals surface area contributed by atoms with E-state index in [-0.39, 0.29) is 18.1 Å². The van der Waals surface area contributed by atoms with Crippen molar-refractivity contribution in [3.63, 3.8) is 0 Å². The van der Waals surface area contributed by atoms with E-state index in [1.165, 1.54) is 18.4 Å². The second-order valence-corrected chi connectivity index (χ2v) is 7.59. The predicted octanol–water partition coefficient (Wildman–Crippen LogP) is -0.193. The van der Waals surface area contributed by atoms with Crippen LogP contribution in [0.15, 0.2) is 39.7 Å². The van der Waals surface area contributed by atoms with Gasteiger partial charge in [0, 0.05) is 12.1 Å². The first kappa shape index (κ1) is 15.5. The smallest absolute Gasteiger partial charge is 0.267 e. The fourth-order valence-corrected chi connectivity index (χ4v) is 4.11. The summed E-state index contributed by atoms with van der Waals surface area (Å²) in [5.41, 5.74) is 0.0142. The zero-order chi connectivity index (χ0) is 16.4. The highest BCUT2D eigenvalue weighted by atomic mass is 32.2. The minimum atomic E-state index is -3.07. The third-order valence-corrected chi connectivity index (χ3v) is 5.30. The maximum absolute atomic E-state index is 12.0. The molecule has 1 fully saturated rings. The molecule has 1 atom stereocenters. The largest absolute Gasteiger partial charge is 0.463 e. The molecular weight excluding hydrogens is 322 g/mol. The van der Waals surface area contributed by atoms with Gasteiger partial charge in [-0.15, -0.1) is 0 Å². The van der Waals surface area contributed by atoms with Crippen molar-refractivity contribution < 1.29 is 17.6 Å². The second kappa shape index (κ2) is 5.99. The number of nitrogens with one attached hydrogen (secondary N) is 1. The molecule has 8 nitrogen and oxygen atoms in total. The van der Waals surface area contributed by atoms with Crippen LogP contribution in [0.25, 0.3) is 11.5 Å². The quantitative estimate of drug-likeness (QED) is 0.827. The summed E-state index contributed by atoms with van der Waals surface area (Å²) in [6.45, 7) is -0.274. The molecule has 1 N–H and O–H groups in total. The lowest BCUT2D eigenvalue weighted by atomic mass is 10.2. The monoisotopic (exact) mass is 337 g/mol. The van der Waals surface area contributed by atoms with E-state index in [0.717, 1.165) is 4.68 Å². The number of hydrogen-bond acceptors (Lipinski definition) is 6. The van der Waals surface area contributed by atoms with Crippen molar-refractivity contribution in [3.05, 3.63) is 40.9 Å². The number of carbonyl (C=O) groups is 1. The Balaban J connectivity index is 1.71. The maximum atomic E-state index is 12.0. The van der Waals surface area contributed by atoms with Crippen molar-refractivity contribution in [2.45, 2.75) is 19.0 Å². The molecule has 0 aromatic carbocycles. The first-order valence-electron chi connectivity index (χ1n) is 7.05. The van der Waals surface area contributed by atoms with Crippen molar-refractivity contribution >= 4 is 15.7 Å². The molecule has 2 aromatic rings. The highest BCUT2D eigenvalue weighted by Gasteiger charge is 2.28. The first-order valence-corrected chi connectivity index (χ1v) is 8.87. The molecule has 0 unspecified atom stereocenters. The van der Waals surface area contributed by atoms with Gasteiger partial charge in [-0.1, -0.05) is 0 Å². The van der Waals surface area contributed by atoms with E-state index < -0.39 is 27.3 Å². The molecule has 2 aromatic heterocycles. The predicted molar refractivity (Wildman–Crippen MR) is 81.4 cm³/mol. The normalized spacial score (nSPS) is 19.6. The highest BCUT2D eigenvalue weighted by Crippen LogP contribution is 2.15. The van der Waals surface area contributed by atoms with Gasteiger partial charge >= 0.3 is 0 Å². The Bertz CT molecular complexity index is 870. The van der Waals surface area contributed by atoms with Crippen molar-refractivity contribution in [2.75, 3.05) is 11.5 Å². The number of amides is 1. The zero-order valence-corrected chi connectivity index (χ0v) is 13.0. The molecule has 9 heteroatoms. The molecule has 3 heterocycles. The topological polar surface area (TPSA) is 111 Å². The average Bonchev–Trinajstić information content (AvgIpc) is 3.11. The van der Waals surface area contributed by atoms with Crippen molar-refractivity contribution in [1.29, 1.82) is 0 Å². The third kappa shape index (κ3) is 3.67. The Morgan fingerprint density at radius 2 is 2.22 bits per heavy atom. The Labute approximate surface area is 132 Å². The molecule has 0 radical (unpaired) electrons. The summed E-state index contributed by atoms with van der Waals surface area (Å²) in [7, 11) is -3.07. The van der Waals surface area contributed by atoms with Crippen LogP contribution in [-0.4, -0.2) is 41.7 Å². The van der Waals surface area contributed by atoms with Gasteiger partial charge in [0.2, 0.25) is 5.91 Å². The molecule has 0 aliphatic carbocycles. The van der Waals surface area contributed by atoms with Gasteiger partial charge < -0.3 is 9.73 Å². The van der Waals surface area contributed by atoms with E-state index in [1.807, 2.05) is 0 Å². The van der Waals surface area contributed by atoms with Gasteiger partial charge in [0.25, 0.3) is 5.56 Å². The fraction of sp³-hybridized carbons (Fsp3) is 0.357. The summed E-state index contributed by atoms with van der Waals surface area (Å²) in [5, 5.41) is 6.71. The van der Waals surface area contributed by atoms with Crippen LogP contribution in [0.1, 0.15) is 6.42 Å². The zero-order valence-electron chi connectivity index (χ0n) is 12.1. The minimum Gasteiger partial charge on any atom is -0.463 e. The average molecular weight is 337 g/mol. The Kier molecular flexibility index (Phi) is 4.03. The molecule has 0 spiro atoms. The number of furan rings is 1. The third-order valence-electron chi connectivity index (χ3n) is 3.53. The van der Waals surface area contributed by atoms with Crippen LogP contribution >= 0.6 is 0 Å². The van der Waals surface area contributed by atoms with Crippen molar-refractivity contribution in [1.82, 2.24) is 15.1 Å². The number of carbonyl (C=O) groups excluding carboxylic acids is 1. The van der Waals surface area contributed by atoms with E-state index in [1.54, 1.807) is 12.1 Å². The van der Waals surface area contributed by atoms with Gasteiger partial charge in [0.1, 0.15) is 12.2 Å². The molecule has 3 rings (SSSR count). The van der Waals surface area contributed by atoms with Crippen molar-refractivity contribution in [2.24, 2.45) is 0 Å². The van der Waals surface area contributed by atoms with Gasteiger partial charge in [-0.3, -0.25) is 9.59 Å². The lowest BCUT2D eigenvalue weighted by molar-refractivity contribution is -0.122. The summed E-state index contributed by atoms with van der Waals surface area (Å²) in [4.78, 5) is 23.8. The SMILES string of the molecule is O=C(Cn1nc(-c2ccco2)ccc1=O)N[C@H]1CCS(=O)(=O)C1. The van der Waals surface area contributed by atoms with E-state index in [2.05, 4.69) is 10.4 Å². The Hall–Kier alpha value is -2.42. The van der Waals surface area contributed by atoms with Crippen LogP contribution in [0, 0.1) is 0 Å². The molecule has 0 saturated carbocycles. The number of aromatic nitrogens is 2. The lowest BCUT2D eigenvalue weighted by Crippen LogP contribution is -2.40. The molecule has 23 heavy (non-hydrogen) atoms. The van der Waals surface area contributed by atoms with Crippen LogP contribution in [0.4, 0.5) is 0 Å². The van der Waals surface area contributed by atoms with Gasteiger partial charge in [-0.25, -0.2) is 13.1 Å². The first-order chi connectivity index (χ1) is 10.9. The number of sulfone groups is 1. The molecule has 122 valence electrons. The molecular formula is C14H15N3O5S. The van der Waals surface area contributed by atoms with E-state index in [4.69, 9.17) is 4.42 Å². The molecule has 0 bridgehead atoms. The van der Waals surface area contributed by atoms with Crippen molar-refractivity contribution in [3.8, 4) is 11.5 Å². The van der Waals surface area contributed by atoms with Crippen LogP contribution in [0.5, 0.6) is 0 Å². The molecule has 1 saturated heterocycles. The fourth-order valence-electron chi connectivity index (χ4n) is 2.44. The van der Waals surface area contributed by atoms with Gasteiger partial charge in [0.15, 0.2) is 15.6 Å². The summed E-state index contributed by atoms with van der Waals surface area (Å²) in [5.74, 6) is 0.0526. The summed E-state index contributed by atoms with van der Waals surface area (Å²) in [6, 6.07) is 5.80.